The lowest BCUT2D eigenvalue weighted by Gasteiger charge is -2.12. The van der Waals surface area contributed by atoms with E-state index >= 15 is 0 Å². The number of hydrogen-bond donors (Lipinski definition) is 1. The third-order valence-electron chi connectivity index (χ3n) is 3.81. The largest absolute Gasteiger partial charge is 0.493 e. The molecule has 6 nitrogen and oxygen atoms in total. The molecule has 0 radical (unpaired) electrons. The Labute approximate surface area is 153 Å². The van der Waals surface area contributed by atoms with Crippen LogP contribution in [0.3, 0.4) is 0 Å². The molecule has 0 fully saturated rings. The summed E-state index contributed by atoms with van der Waals surface area (Å²) in [5, 5.41) is 2.57. The zero-order valence-electron chi connectivity index (χ0n) is 15.4. The van der Waals surface area contributed by atoms with Crippen LogP contribution in [0.1, 0.15) is 31.9 Å². The Bertz CT molecular complexity index is 710. The summed E-state index contributed by atoms with van der Waals surface area (Å²) in [4.78, 5) is 23.7. The second-order valence-electron chi connectivity index (χ2n) is 6.01. The molecule has 0 spiro atoms. The van der Waals surface area contributed by atoms with Crippen molar-refractivity contribution in [3.63, 3.8) is 0 Å². The second-order valence-corrected chi connectivity index (χ2v) is 6.01. The molecule has 26 heavy (non-hydrogen) atoms. The average Bonchev–Trinajstić information content (AvgIpc) is 2.96. The molecule has 0 aromatic heterocycles. The van der Waals surface area contributed by atoms with Gasteiger partial charge in [-0.15, -0.1) is 6.58 Å². The van der Waals surface area contributed by atoms with E-state index in [9.17, 15) is 9.59 Å². The number of carbonyl (C=O) groups excluding carboxylic acids is 2. The van der Waals surface area contributed by atoms with Crippen LogP contribution in [-0.4, -0.2) is 37.2 Å². The molecule has 2 rings (SSSR count). The number of carbonyl (C=O) groups is 2. The number of fused-ring (bicyclic) bond motifs is 1. The van der Waals surface area contributed by atoms with Crippen molar-refractivity contribution in [3.8, 4) is 11.5 Å². The van der Waals surface area contributed by atoms with E-state index in [2.05, 4.69) is 11.9 Å². The average molecular weight is 359 g/mol. The summed E-state index contributed by atoms with van der Waals surface area (Å²) in [5.41, 5.74) is 1.81. The van der Waals surface area contributed by atoms with Crippen molar-refractivity contribution < 1.29 is 23.8 Å². The van der Waals surface area contributed by atoms with Crippen molar-refractivity contribution in [1.82, 2.24) is 5.32 Å². The van der Waals surface area contributed by atoms with E-state index in [0.717, 1.165) is 23.3 Å². The minimum absolute atomic E-state index is 0.124. The fourth-order valence-electron chi connectivity index (χ4n) is 2.61. The summed E-state index contributed by atoms with van der Waals surface area (Å²) >= 11 is 0. The van der Waals surface area contributed by atoms with Crippen LogP contribution in [0.25, 0.3) is 6.08 Å². The van der Waals surface area contributed by atoms with Gasteiger partial charge in [-0.3, -0.25) is 4.79 Å². The summed E-state index contributed by atoms with van der Waals surface area (Å²) in [6.45, 7) is 9.77. The van der Waals surface area contributed by atoms with Gasteiger partial charge in [0.05, 0.1) is 6.61 Å². The number of hydrogen-bond acceptors (Lipinski definition) is 5. The van der Waals surface area contributed by atoms with Crippen LogP contribution in [0.2, 0.25) is 0 Å². The first kappa shape index (κ1) is 19.6. The highest BCUT2D eigenvalue weighted by Crippen LogP contribution is 2.35. The number of nitrogens with one attached hydrogen (secondary N) is 1. The van der Waals surface area contributed by atoms with Gasteiger partial charge in [-0.05, 0) is 39.0 Å². The summed E-state index contributed by atoms with van der Waals surface area (Å²) in [5.74, 6) is 0.501. The SMILES string of the molecule is C=CCNC(=O)[C@@H](C)OC(=O)/C=C/c1cc2c(cc1OCC)C[C@H](C)O2. The highest BCUT2D eigenvalue weighted by Gasteiger charge is 2.21. The smallest absolute Gasteiger partial charge is 0.331 e. The molecule has 1 aromatic carbocycles. The van der Waals surface area contributed by atoms with Crippen LogP contribution in [0.4, 0.5) is 0 Å². The Hall–Kier alpha value is -2.76. The Morgan fingerprint density at radius 1 is 1.46 bits per heavy atom. The monoisotopic (exact) mass is 359 g/mol. The van der Waals surface area contributed by atoms with E-state index in [-0.39, 0.29) is 12.0 Å². The van der Waals surface area contributed by atoms with Crippen LogP contribution in [0.15, 0.2) is 30.9 Å². The minimum Gasteiger partial charge on any atom is -0.493 e. The van der Waals surface area contributed by atoms with Gasteiger partial charge in [-0.1, -0.05) is 6.08 Å². The number of amides is 1. The summed E-state index contributed by atoms with van der Waals surface area (Å²) in [7, 11) is 0. The first-order chi connectivity index (χ1) is 12.4. The molecule has 0 aliphatic carbocycles. The molecule has 6 heteroatoms. The van der Waals surface area contributed by atoms with Gasteiger partial charge < -0.3 is 19.5 Å². The first-order valence-electron chi connectivity index (χ1n) is 8.68. The predicted molar refractivity (Wildman–Crippen MR) is 99.2 cm³/mol. The zero-order chi connectivity index (χ0) is 19.1. The number of rotatable bonds is 8. The molecular formula is C20H25NO5. The van der Waals surface area contributed by atoms with Crippen LogP contribution >= 0.6 is 0 Å². The van der Waals surface area contributed by atoms with E-state index < -0.39 is 12.1 Å². The molecular weight excluding hydrogens is 334 g/mol. The van der Waals surface area contributed by atoms with Crippen LogP contribution < -0.4 is 14.8 Å². The molecule has 0 unspecified atom stereocenters. The Balaban J connectivity index is 2.06. The van der Waals surface area contributed by atoms with Gasteiger partial charge in [0.25, 0.3) is 5.91 Å². The second kappa shape index (κ2) is 9.08. The minimum atomic E-state index is -0.886. The van der Waals surface area contributed by atoms with Gasteiger partial charge in [-0.2, -0.15) is 0 Å². The third kappa shape index (κ3) is 5.12. The molecule has 140 valence electrons. The maximum Gasteiger partial charge on any atom is 0.331 e. The zero-order valence-corrected chi connectivity index (χ0v) is 15.4. The van der Waals surface area contributed by atoms with Crippen molar-refractivity contribution in [2.45, 2.75) is 39.4 Å². The Kier molecular flexibility index (Phi) is 6.83. The van der Waals surface area contributed by atoms with E-state index in [1.807, 2.05) is 26.0 Å². The molecule has 1 aliphatic heterocycles. The fourth-order valence-corrected chi connectivity index (χ4v) is 2.61. The van der Waals surface area contributed by atoms with Crippen molar-refractivity contribution in [2.75, 3.05) is 13.2 Å². The van der Waals surface area contributed by atoms with E-state index in [1.54, 1.807) is 12.2 Å². The third-order valence-corrected chi connectivity index (χ3v) is 3.81. The maximum absolute atomic E-state index is 12.0. The van der Waals surface area contributed by atoms with Crippen molar-refractivity contribution in [1.29, 1.82) is 0 Å². The highest BCUT2D eigenvalue weighted by molar-refractivity contribution is 5.90. The highest BCUT2D eigenvalue weighted by atomic mass is 16.5. The standard InChI is InChI=1S/C20H25NO5/c1-5-9-21-20(23)14(4)26-19(22)8-7-15-11-18-16(10-13(3)25-18)12-17(15)24-6-2/h5,7-8,11-14H,1,6,9-10H2,2-4H3,(H,21,23)/b8-7+/t13-,14+/m0/s1. The van der Waals surface area contributed by atoms with E-state index in [0.29, 0.717) is 18.9 Å². The molecule has 0 bridgehead atoms. The molecule has 1 aromatic rings. The molecule has 1 amide bonds. The first-order valence-corrected chi connectivity index (χ1v) is 8.68. The lowest BCUT2D eigenvalue weighted by molar-refractivity contribution is -0.150. The molecule has 0 saturated carbocycles. The maximum atomic E-state index is 12.0. The lowest BCUT2D eigenvalue weighted by atomic mass is 10.1. The van der Waals surface area contributed by atoms with Crippen molar-refractivity contribution in [2.24, 2.45) is 0 Å². The lowest BCUT2D eigenvalue weighted by Crippen LogP contribution is -2.35. The molecule has 1 heterocycles. The molecule has 2 atom stereocenters. The van der Waals surface area contributed by atoms with E-state index in [1.165, 1.54) is 13.0 Å². The number of ether oxygens (including phenoxy) is 3. The van der Waals surface area contributed by atoms with Crippen LogP contribution in [0, 0.1) is 0 Å². The predicted octanol–water partition coefficient (Wildman–Crippen LogP) is 2.66. The van der Waals surface area contributed by atoms with Gasteiger partial charge >= 0.3 is 5.97 Å². The Morgan fingerprint density at radius 3 is 2.92 bits per heavy atom. The summed E-state index contributed by atoms with van der Waals surface area (Å²) in [6.07, 6.45) is 4.51. The number of esters is 1. The normalized spacial score (nSPS) is 16.5. The van der Waals surface area contributed by atoms with Gasteiger partial charge in [0, 0.05) is 30.2 Å². The van der Waals surface area contributed by atoms with Gasteiger partial charge in [0.2, 0.25) is 0 Å². The molecule has 1 aliphatic rings. The van der Waals surface area contributed by atoms with Gasteiger partial charge in [0.15, 0.2) is 6.10 Å². The number of benzene rings is 1. The van der Waals surface area contributed by atoms with Gasteiger partial charge in [-0.25, -0.2) is 4.79 Å². The molecule has 1 N–H and O–H groups in total. The van der Waals surface area contributed by atoms with Crippen LogP contribution in [0.5, 0.6) is 11.5 Å². The Morgan fingerprint density at radius 2 is 2.23 bits per heavy atom. The van der Waals surface area contributed by atoms with E-state index in [4.69, 9.17) is 14.2 Å². The quantitative estimate of drug-likeness (QED) is 0.439. The van der Waals surface area contributed by atoms with Crippen LogP contribution in [-0.2, 0) is 20.7 Å². The fraction of sp³-hybridized carbons (Fsp3) is 0.400. The summed E-state index contributed by atoms with van der Waals surface area (Å²) in [6, 6.07) is 3.80. The van der Waals surface area contributed by atoms with Gasteiger partial charge in [0.1, 0.15) is 17.6 Å². The van der Waals surface area contributed by atoms with Crippen molar-refractivity contribution in [3.05, 3.63) is 42.0 Å². The summed E-state index contributed by atoms with van der Waals surface area (Å²) < 4.78 is 16.5. The topological polar surface area (TPSA) is 73.9 Å². The molecule has 0 saturated heterocycles. The van der Waals surface area contributed by atoms with Crippen molar-refractivity contribution >= 4 is 18.0 Å².